The largest absolute Gasteiger partial charge is 0.512 e. The van der Waals surface area contributed by atoms with E-state index in [1.807, 2.05) is 0 Å². The average molecular weight is 332 g/mol. The number of hydrogen-bond donors (Lipinski definition) is 2. The Morgan fingerprint density at radius 1 is 1.29 bits per heavy atom. The normalized spacial score (nSPS) is 12.2. The number of esters is 1. The Morgan fingerprint density at radius 2 is 1.90 bits per heavy atom. The summed E-state index contributed by atoms with van der Waals surface area (Å²) in [5.41, 5.74) is -0.365. The number of hydrogen-bond acceptors (Lipinski definition) is 5. The van der Waals surface area contributed by atoms with E-state index in [0.717, 1.165) is 13.3 Å². The minimum atomic E-state index is -1.26. The van der Waals surface area contributed by atoms with Gasteiger partial charge in [-0.15, -0.1) is 0 Å². The average Bonchev–Trinajstić information content (AvgIpc) is 2.41. The summed E-state index contributed by atoms with van der Waals surface area (Å²) >= 11 is 11.7. The van der Waals surface area contributed by atoms with Crippen LogP contribution in [0, 0.1) is 0 Å². The van der Waals surface area contributed by atoms with Gasteiger partial charge in [-0.05, 0) is 19.1 Å². The van der Waals surface area contributed by atoms with Crippen LogP contribution in [-0.4, -0.2) is 35.5 Å². The van der Waals surface area contributed by atoms with Crippen molar-refractivity contribution in [1.29, 1.82) is 0 Å². The molecule has 0 aliphatic carbocycles. The van der Waals surface area contributed by atoms with Crippen molar-refractivity contribution >= 4 is 47.0 Å². The molecule has 0 aliphatic heterocycles. The van der Waals surface area contributed by atoms with Crippen LogP contribution >= 0.6 is 23.2 Å². The lowest BCUT2D eigenvalue weighted by atomic mass is 10.2. The van der Waals surface area contributed by atoms with Crippen molar-refractivity contribution in [2.45, 2.75) is 6.92 Å². The first-order valence-corrected chi connectivity index (χ1v) is 6.28. The van der Waals surface area contributed by atoms with E-state index in [-0.39, 0.29) is 32.6 Å². The number of carbonyl (C=O) groups excluding carboxylic acids is 1. The first kappa shape index (κ1) is 17.0. The summed E-state index contributed by atoms with van der Waals surface area (Å²) in [4.78, 5) is 26.3. The number of aliphatic hydroxyl groups is 1. The fourth-order valence-electron chi connectivity index (χ4n) is 1.36. The van der Waals surface area contributed by atoms with Crippen LogP contribution < -0.4 is 0 Å². The van der Waals surface area contributed by atoms with Gasteiger partial charge in [0, 0.05) is 11.2 Å². The molecular formula is C13H11Cl2NO5. The molecule has 0 fully saturated rings. The maximum Gasteiger partial charge on any atom is 0.342 e. The molecule has 0 saturated carbocycles. The SMILES string of the molecule is COC(=O)C(C=Nc1cc(Cl)cc(C(=O)O)c1Cl)=C(C)O. The van der Waals surface area contributed by atoms with E-state index in [0.29, 0.717) is 0 Å². The molecule has 0 radical (unpaired) electrons. The van der Waals surface area contributed by atoms with Crippen molar-refractivity contribution in [3.8, 4) is 0 Å². The molecule has 2 N–H and O–H groups in total. The summed E-state index contributed by atoms with van der Waals surface area (Å²) in [7, 11) is 1.15. The quantitative estimate of drug-likeness (QED) is 0.381. The van der Waals surface area contributed by atoms with Gasteiger partial charge < -0.3 is 14.9 Å². The lowest BCUT2D eigenvalue weighted by Gasteiger charge is -2.05. The summed E-state index contributed by atoms with van der Waals surface area (Å²) < 4.78 is 4.48. The van der Waals surface area contributed by atoms with Crippen LogP contribution in [0.3, 0.4) is 0 Å². The van der Waals surface area contributed by atoms with Crippen molar-refractivity contribution in [2.75, 3.05) is 7.11 Å². The second-order valence-electron chi connectivity index (χ2n) is 3.84. The number of halogens is 2. The van der Waals surface area contributed by atoms with Crippen molar-refractivity contribution in [3.63, 3.8) is 0 Å². The molecule has 0 unspecified atom stereocenters. The third-order valence-corrected chi connectivity index (χ3v) is 2.99. The molecule has 0 saturated heterocycles. The minimum Gasteiger partial charge on any atom is -0.512 e. The van der Waals surface area contributed by atoms with Gasteiger partial charge >= 0.3 is 11.9 Å². The number of aliphatic imine (C=N–C) groups is 1. The molecule has 0 amide bonds. The van der Waals surface area contributed by atoms with Gasteiger partial charge in [-0.1, -0.05) is 23.2 Å². The molecule has 112 valence electrons. The monoisotopic (exact) mass is 331 g/mol. The summed E-state index contributed by atoms with van der Waals surface area (Å²) in [6.07, 6.45) is 1.02. The van der Waals surface area contributed by atoms with E-state index in [4.69, 9.17) is 28.3 Å². The van der Waals surface area contributed by atoms with E-state index >= 15 is 0 Å². The molecule has 0 aromatic heterocycles. The van der Waals surface area contributed by atoms with Crippen LogP contribution in [-0.2, 0) is 9.53 Å². The zero-order chi connectivity index (χ0) is 16.2. The Labute approximate surface area is 130 Å². The van der Waals surface area contributed by atoms with Gasteiger partial charge in [0.25, 0.3) is 0 Å². The zero-order valence-corrected chi connectivity index (χ0v) is 12.6. The van der Waals surface area contributed by atoms with E-state index in [1.54, 1.807) is 0 Å². The fourth-order valence-corrected chi connectivity index (χ4v) is 1.81. The lowest BCUT2D eigenvalue weighted by molar-refractivity contribution is -0.135. The van der Waals surface area contributed by atoms with Gasteiger partial charge in [-0.3, -0.25) is 4.99 Å². The maximum atomic E-state index is 11.4. The molecular weight excluding hydrogens is 321 g/mol. The van der Waals surface area contributed by atoms with Crippen molar-refractivity contribution in [2.24, 2.45) is 4.99 Å². The third-order valence-electron chi connectivity index (χ3n) is 2.38. The number of ether oxygens (including phenoxy) is 1. The first-order valence-electron chi connectivity index (χ1n) is 5.52. The number of carboxylic acids is 1. The Balaban J connectivity index is 3.30. The van der Waals surface area contributed by atoms with Gasteiger partial charge in [0.2, 0.25) is 0 Å². The molecule has 0 aliphatic rings. The number of allylic oxidation sites excluding steroid dienone is 1. The fraction of sp³-hybridized carbons (Fsp3) is 0.154. The number of rotatable bonds is 4. The highest BCUT2D eigenvalue weighted by Gasteiger charge is 2.15. The predicted octanol–water partition coefficient (Wildman–Crippen LogP) is 3.40. The van der Waals surface area contributed by atoms with E-state index < -0.39 is 11.9 Å². The van der Waals surface area contributed by atoms with Crippen LogP contribution in [0.5, 0.6) is 0 Å². The maximum absolute atomic E-state index is 11.4. The Morgan fingerprint density at radius 3 is 2.38 bits per heavy atom. The van der Waals surface area contributed by atoms with Crippen LogP contribution in [0.25, 0.3) is 0 Å². The molecule has 8 heteroatoms. The van der Waals surface area contributed by atoms with E-state index in [1.165, 1.54) is 19.1 Å². The Hall–Kier alpha value is -2.05. The molecule has 21 heavy (non-hydrogen) atoms. The van der Waals surface area contributed by atoms with E-state index in [9.17, 15) is 14.7 Å². The number of aliphatic hydroxyl groups excluding tert-OH is 1. The number of carbonyl (C=O) groups is 2. The summed E-state index contributed by atoms with van der Waals surface area (Å²) in [5, 5.41) is 18.4. The lowest BCUT2D eigenvalue weighted by Crippen LogP contribution is -2.08. The number of aromatic carboxylic acids is 1. The predicted molar refractivity (Wildman–Crippen MR) is 78.9 cm³/mol. The van der Waals surface area contributed by atoms with E-state index in [2.05, 4.69) is 9.73 Å². The standard InChI is InChI=1S/C13H11Cl2NO5/c1-6(17)9(13(20)21-2)5-16-10-4-7(14)3-8(11(10)15)12(18)19/h3-5,17H,1-2H3,(H,18,19). The highest BCUT2D eigenvalue weighted by Crippen LogP contribution is 2.32. The van der Waals surface area contributed by atoms with Gasteiger partial charge in [0.1, 0.15) is 11.3 Å². The zero-order valence-electron chi connectivity index (χ0n) is 11.1. The van der Waals surface area contributed by atoms with Crippen molar-refractivity contribution < 1.29 is 24.5 Å². The molecule has 6 nitrogen and oxygen atoms in total. The van der Waals surface area contributed by atoms with Crippen LogP contribution in [0.2, 0.25) is 10.0 Å². The summed E-state index contributed by atoms with van der Waals surface area (Å²) in [6.45, 7) is 1.28. The molecule has 0 spiro atoms. The smallest absolute Gasteiger partial charge is 0.342 e. The van der Waals surface area contributed by atoms with Gasteiger partial charge in [-0.2, -0.15) is 0 Å². The molecule has 0 bridgehead atoms. The second-order valence-corrected chi connectivity index (χ2v) is 4.65. The second kappa shape index (κ2) is 7.10. The topological polar surface area (TPSA) is 96.2 Å². The Bertz CT molecular complexity index is 648. The molecule has 0 heterocycles. The first-order chi connectivity index (χ1) is 9.77. The van der Waals surface area contributed by atoms with Crippen LogP contribution in [0.15, 0.2) is 28.5 Å². The van der Waals surface area contributed by atoms with Gasteiger partial charge in [-0.25, -0.2) is 9.59 Å². The molecule has 1 aromatic rings. The minimum absolute atomic E-state index is 0.0456. The third kappa shape index (κ3) is 4.21. The highest BCUT2D eigenvalue weighted by atomic mass is 35.5. The number of benzene rings is 1. The number of carboxylic acid groups (broad SMARTS) is 1. The van der Waals surface area contributed by atoms with Gasteiger partial charge in [0.15, 0.2) is 0 Å². The van der Waals surface area contributed by atoms with Crippen LogP contribution in [0.4, 0.5) is 5.69 Å². The molecule has 1 rings (SSSR count). The molecule has 0 atom stereocenters. The number of methoxy groups -OCH3 is 1. The summed E-state index contributed by atoms with van der Waals surface area (Å²) in [5.74, 6) is -2.36. The number of nitrogens with zero attached hydrogens (tertiary/aromatic N) is 1. The van der Waals surface area contributed by atoms with Crippen LogP contribution in [0.1, 0.15) is 17.3 Å². The van der Waals surface area contributed by atoms with Crippen molar-refractivity contribution in [1.82, 2.24) is 0 Å². The Kier molecular flexibility index (Phi) is 5.75. The van der Waals surface area contributed by atoms with Gasteiger partial charge in [0.05, 0.1) is 23.4 Å². The molecule has 1 aromatic carbocycles. The summed E-state index contributed by atoms with van der Waals surface area (Å²) in [6, 6.07) is 2.51. The van der Waals surface area contributed by atoms with Crippen molar-refractivity contribution in [3.05, 3.63) is 39.1 Å². The highest BCUT2D eigenvalue weighted by molar-refractivity contribution is 6.38.